The molecule has 0 aromatic heterocycles. The maximum Gasteiger partial charge on any atom is 0.185 e. The first kappa shape index (κ1) is 12.3. The predicted octanol–water partition coefficient (Wildman–Crippen LogP) is 1.01. The third kappa shape index (κ3) is 2.84. The van der Waals surface area contributed by atoms with Crippen LogP contribution in [0.5, 0.6) is 0 Å². The van der Waals surface area contributed by atoms with Crippen molar-refractivity contribution in [1.82, 2.24) is 5.32 Å². The molecule has 0 spiro atoms. The number of nitrogens with two attached hydrogens (primary N) is 2. The van der Waals surface area contributed by atoms with Gasteiger partial charge in [0, 0.05) is 12.1 Å². The van der Waals surface area contributed by atoms with Crippen LogP contribution in [0.3, 0.4) is 0 Å². The smallest absolute Gasteiger partial charge is 0.185 e. The minimum absolute atomic E-state index is 0.0868. The number of nitrogens with one attached hydrogen (secondary N) is 2. The minimum Gasteiger partial charge on any atom is -0.370 e. The van der Waals surface area contributed by atoms with Crippen LogP contribution in [-0.4, -0.2) is 18.0 Å². The Labute approximate surface area is 92.3 Å². The van der Waals surface area contributed by atoms with E-state index in [9.17, 15) is 0 Å². The molecular weight excluding hydrogens is 188 g/mol. The van der Waals surface area contributed by atoms with Crippen molar-refractivity contribution in [3.63, 3.8) is 0 Å². The molecule has 1 rings (SSSR count). The molecule has 1 saturated carbocycles. The molecule has 88 valence electrons. The summed E-state index contributed by atoms with van der Waals surface area (Å²) in [6.45, 7) is 4.39. The summed E-state index contributed by atoms with van der Waals surface area (Å²) < 4.78 is 0. The highest BCUT2D eigenvalue weighted by atomic mass is 15.1. The summed E-state index contributed by atoms with van der Waals surface area (Å²) >= 11 is 0. The summed E-state index contributed by atoms with van der Waals surface area (Å²) in [7, 11) is 0. The quantitative estimate of drug-likeness (QED) is 0.416. The zero-order valence-corrected chi connectivity index (χ0v) is 9.79. The summed E-state index contributed by atoms with van der Waals surface area (Å²) in [6.07, 6.45) is 4.31. The van der Waals surface area contributed by atoms with Crippen LogP contribution in [0.4, 0.5) is 0 Å². The third-order valence-electron chi connectivity index (χ3n) is 3.71. The molecular formula is C11H24N4. The highest BCUT2D eigenvalue weighted by Crippen LogP contribution is 2.33. The Morgan fingerprint density at radius 2 is 1.87 bits per heavy atom. The fourth-order valence-electron chi connectivity index (χ4n) is 2.99. The molecule has 1 fully saturated rings. The first-order valence-electron chi connectivity index (χ1n) is 5.96. The Morgan fingerprint density at radius 3 is 2.33 bits per heavy atom. The van der Waals surface area contributed by atoms with Gasteiger partial charge in [0.25, 0.3) is 0 Å². The van der Waals surface area contributed by atoms with Gasteiger partial charge in [-0.1, -0.05) is 26.7 Å². The first-order valence-corrected chi connectivity index (χ1v) is 5.96. The van der Waals surface area contributed by atoms with Gasteiger partial charge in [0.2, 0.25) is 0 Å². The summed E-state index contributed by atoms with van der Waals surface area (Å²) in [6, 6.07) is 0.669. The van der Waals surface area contributed by atoms with Gasteiger partial charge < -0.3 is 16.8 Å². The summed E-state index contributed by atoms with van der Waals surface area (Å²) in [5.41, 5.74) is 11.5. The average molecular weight is 212 g/mol. The summed E-state index contributed by atoms with van der Waals surface area (Å²) in [4.78, 5) is 0. The number of guanidine groups is 1. The van der Waals surface area contributed by atoms with Crippen LogP contribution in [0.1, 0.15) is 39.5 Å². The Bertz CT molecular complexity index is 217. The van der Waals surface area contributed by atoms with E-state index in [2.05, 4.69) is 19.2 Å². The van der Waals surface area contributed by atoms with Crippen LogP contribution in [0, 0.1) is 17.2 Å². The zero-order chi connectivity index (χ0) is 11.4. The second-order valence-electron chi connectivity index (χ2n) is 4.55. The number of hydrogen-bond donors (Lipinski definition) is 4. The van der Waals surface area contributed by atoms with Gasteiger partial charge in [-0.15, -0.1) is 0 Å². The lowest BCUT2D eigenvalue weighted by Crippen LogP contribution is -2.52. The van der Waals surface area contributed by atoms with Crippen molar-refractivity contribution in [2.45, 2.75) is 51.6 Å². The first-order chi connectivity index (χ1) is 7.10. The fraction of sp³-hybridized carbons (Fsp3) is 0.909. The Balaban J connectivity index is 2.68. The topological polar surface area (TPSA) is 87.9 Å². The Kier molecular flexibility index (Phi) is 4.39. The molecule has 15 heavy (non-hydrogen) atoms. The highest BCUT2D eigenvalue weighted by molar-refractivity contribution is 5.74. The van der Waals surface area contributed by atoms with E-state index in [-0.39, 0.29) is 5.96 Å². The molecule has 1 aliphatic rings. The maximum atomic E-state index is 7.30. The molecule has 0 amide bonds. The second-order valence-corrected chi connectivity index (χ2v) is 4.55. The van der Waals surface area contributed by atoms with Crippen LogP contribution in [0.15, 0.2) is 0 Å². The molecule has 0 saturated heterocycles. The van der Waals surface area contributed by atoms with Gasteiger partial charge >= 0.3 is 0 Å². The predicted molar refractivity (Wildman–Crippen MR) is 63.6 cm³/mol. The van der Waals surface area contributed by atoms with Crippen LogP contribution in [-0.2, 0) is 0 Å². The average Bonchev–Trinajstić information content (AvgIpc) is 2.19. The van der Waals surface area contributed by atoms with E-state index in [0.717, 1.165) is 25.7 Å². The minimum atomic E-state index is 0.0868. The molecule has 0 heterocycles. The van der Waals surface area contributed by atoms with E-state index in [1.54, 1.807) is 0 Å². The summed E-state index contributed by atoms with van der Waals surface area (Å²) in [5, 5.41) is 10.4. The molecule has 4 nitrogen and oxygen atoms in total. The van der Waals surface area contributed by atoms with E-state index < -0.39 is 0 Å². The normalized spacial score (nSPS) is 36.2. The molecule has 0 unspecified atom stereocenters. The van der Waals surface area contributed by atoms with Crippen LogP contribution in [0.2, 0.25) is 0 Å². The van der Waals surface area contributed by atoms with Gasteiger partial charge in [-0.2, -0.15) is 0 Å². The lowest BCUT2D eigenvalue weighted by molar-refractivity contribution is 0.155. The zero-order valence-electron chi connectivity index (χ0n) is 9.79. The van der Waals surface area contributed by atoms with E-state index in [1.165, 1.54) is 0 Å². The second kappa shape index (κ2) is 5.35. The highest BCUT2D eigenvalue weighted by Gasteiger charge is 2.35. The van der Waals surface area contributed by atoms with Crippen molar-refractivity contribution >= 4 is 5.96 Å². The largest absolute Gasteiger partial charge is 0.370 e. The van der Waals surface area contributed by atoms with E-state index in [1.807, 2.05) is 0 Å². The van der Waals surface area contributed by atoms with Crippen molar-refractivity contribution in [2.75, 3.05) is 0 Å². The lowest BCUT2D eigenvalue weighted by atomic mass is 9.71. The van der Waals surface area contributed by atoms with Crippen LogP contribution >= 0.6 is 0 Å². The molecule has 4 atom stereocenters. The molecule has 4 heteroatoms. The Hall–Kier alpha value is -0.770. The Morgan fingerprint density at radius 1 is 1.27 bits per heavy atom. The fourth-order valence-corrected chi connectivity index (χ4v) is 2.99. The van der Waals surface area contributed by atoms with Crippen LogP contribution < -0.4 is 16.8 Å². The van der Waals surface area contributed by atoms with Crippen molar-refractivity contribution < 1.29 is 0 Å². The van der Waals surface area contributed by atoms with E-state index in [4.69, 9.17) is 16.9 Å². The standard InChI is InChI=1S/C11H24N4/c1-3-7-8(4-2)10(15-11(13)14)6-5-9(7)12/h7-10H,3-6,12H2,1-2H3,(H4,13,14,15)/t7-,8+,9-,10+/m0/s1. The van der Waals surface area contributed by atoms with Gasteiger partial charge in [-0.25, -0.2) is 0 Å². The summed E-state index contributed by atoms with van der Waals surface area (Å²) in [5.74, 6) is 1.21. The van der Waals surface area contributed by atoms with Crippen LogP contribution in [0.25, 0.3) is 0 Å². The van der Waals surface area contributed by atoms with E-state index >= 15 is 0 Å². The van der Waals surface area contributed by atoms with Gasteiger partial charge in [0.1, 0.15) is 0 Å². The van der Waals surface area contributed by atoms with Gasteiger partial charge in [-0.3, -0.25) is 5.41 Å². The molecule has 6 N–H and O–H groups in total. The number of hydrogen-bond acceptors (Lipinski definition) is 2. The molecule has 0 aromatic carbocycles. The SMILES string of the molecule is CC[C@@H]1[C@H](CC)[C@@H](N)CC[C@H]1NC(=N)N. The number of rotatable bonds is 3. The third-order valence-corrected chi connectivity index (χ3v) is 3.71. The van der Waals surface area contributed by atoms with Gasteiger partial charge in [-0.05, 0) is 24.7 Å². The molecule has 0 bridgehead atoms. The van der Waals surface area contributed by atoms with Gasteiger partial charge in [0.15, 0.2) is 5.96 Å². The monoisotopic (exact) mass is 212 g/mol. The van der Waals surface area contributed by atoms with Crippen molar-refractivity contribution in [3.8, 4) is 0 Å². The maximum absolute atomic E-state index is 7.30. The molecule has 0 aromatic rings. The van der Waals surface area contributed by atoms with E-state index in [0.29, 0.717) is 23.9 Å². The van der Waals surface area contributed by atoms with Crippen molar-refractivity contribution in [1.29, 1.82) is 5.41 Å². The van der Waals surface area contributed by atoms with Gasteiger partial charge in [0.05, 0.1) is 0 Å². The molecule has 0 aliphatic heterocycles. The molecule has 0 radical (unpaired) electrons. The lowest BCUT2D eigenvalue weighted by Gasteiger charge is -2.41. The molecule has 1 aliphatic carbocycles. The van der Waals surface area contributed by atoms with Crippen molar-refractivity contribution in [3.05, 3.63) is 0 Å². The van der Waals surface area contributed by atoms with Crippen molar-refractivity contribution in [2.24, 2.45) is 23.3 Å².